The first-order valence-corrected chi connectivity index (χ1v) is 7.82. The number of carboxylic acids is 1. The molecule has 0 radical (unpaired) electrons. The normalized spacial score (nSPS) is 22.6. The van der Waals surface area contributed by atoms with Crippen LogP contribution in [0.15, 0.2) is 35.5 Å². The second kappa shape index (κ2) is 7.92. The quantitative estimate of drug-likeness (QED) is 0.696. The molecule has 2 atom stereocenters. The molecule has 7 nitrogen and oxygen atoms in total. The molecule has 0 fully saturated rings. The Morgan fingerprint density at radius 2 is 2.04 bits per heavy atom. The smallest absolute Gasteiger partial charge is 0.356 e. The van der Waals surface area contributed by atoms with Gasteiger partial charge >= 0.3 is 11.9 Å². The van der Waals surface area contributed by atoms with Gasteiger partial charge < -0.3 is 19.8 Å². The number of carboxylic acid groups (broad SMARTS) is 1. The number of aliphatic hydroxyl groups excluding tert-OH is 1. The Balaban J connectivity index is 2.26. The summed E-state index contributed by atoms with van der Waals surface area (Å²) in [6.07, 6.45) is 0.371. The number of aliphatic carboxylic acids is 1. The highest BCUT2D eigenvalue weighted by atomic mass is 16.7. The summed E-state index contributed by atoms with van der Waals surface area (Å²) in [5.74, 6) is -2.37. The molecule has 130 valence electrons. The summed E-state index contributed by atoms with van der Waals surface area (Å²) in [6.45, 7) is 1.15. The van der Waals surface area contributed by atoms with Crippen molar-refractivity contribution in [1.82, 2.24) is 0 Å². The van der Waals surface area contributed by atoms with Gasteiger partial charge in [0.15, 0.2) is 0 Å². The minimum absolute atomic E-state index is 0.125. The summed E-state index contributed by atoms with van der Waals surface area (Å²) in [4.78, 5) is 28.6. The summed E-state index contributed by atoms with van der Waals surface area (Å²) in [6, 6.07) is 9.44. The zero-order valence-electron chi connectivity index (χ0n) is 13.5. The van der Waals surface area contributed by atoms with Crippen molar-refractivity contribution in [3.8, 4) is 0 Å². The molecule has 0 spiro atoms. The molecule has 2 rings (SSSR count). The number of hydrogen-bond donors (Lipinski definition) is 2. The van der Waals surface area contributed by atoms with Crippen molar-refractivity contribution in [2.75, 3.05) is 13.2 Å². The van der Waals surface area contributed by atoms with Crippen molar-refractivity contribution >= 4 is 17.7 Å². The standard InChI is InChI=1S/C17H21NO6/c1-2-23-16(22)17(11-19)13(8-9-15(20)21)14(18-24-17)10-12-6-4-3-5-7-12/h3-7,13,19H,2,8-11H2,1H3,(H,20,21). The van der Waals surface area contributed by atoms with E-state index in [9.17, 15) is 14.7 Å². The van der Waals surface area contributed by atoms with Crippen LogP contribution < -0.4 is 0 Å². The fourth-order valence-corrected chi connectivity index (χ4v) is 2.80. The zero-order valence-corrected chi connectivity index (χ0v) is 13.5. The molecule has 0 bridgehead atoms. The van der Waals surface area contributed by atoms with Gasteiger partial charge in [-0.1, -0.05) is 35.5 Å². The molecular weight excluding hydrogens is 314 g/mol. The van der Waals surface area contributed by atoms with Gasteiger partial charge in [0.05, 0.1) is 24.8 Å². The SMILES string of the molecule is CCOC(=O)C1(CO)ON=C(Cc2ccccc2)C1CCC(=O)O. The van der Waals surface area contributed by atoms with E-state index in [1.165, 1.54) is 0 Å². The van der Waals surface area contributed by atoms with Crippen LogP contribution in [0.2, 0.25) is 0 Å². The third-order valence-electron chi connectivity index (χ3n) is 4.02. The third kappa shape index (κ3) is 3.73. The summed E-state index contributed by atoms with van der Waals surface area (Å²) in [5.41, 5.74) is -0.183. The Morgan fingerprint density at radius 3 is 2.62 bits per heavy atom. The third-order valence-corrected chi connectivity index (χ3v) is 4.02. The minimum atomic E-state index is -1.67. The highest BCUT2D eigenvalue weighted by Gasteiger charge is 2.55. The van der Waals surface area contributed by atoms with E-state index < -0.39 is 30.1 Å². The van der Waals surface area contributed by atoms with E-state index in [1.807, 2.05) is 30.3 Å². The molecule has 2 N–H and O–H groups in total. The predicted octanol–water partition coefficient (Wildman–Crippen LogP) is 1.39. The van der Waals surface area contributed by atoms with E-state index in [1.54, 1.807) is 6.92 Å². The van der Waals surface area contributed by atoms with Crippen LogP contribution in [0.4, 0.5) is 0 Å². The molecule has 0 amide bonds. The molecule has 1 aliphatic rings. The first kappa shape index (κ1) is 17.9. The molecule has 1 aromatic carbocycles. The zero-order chi connectivity index (χ0) is 17.6. The number of benzene rings is 1. The van der Waals surface area contributed by atoms with Crippen LogP contribution in [0.3, 0.4) is 0 Å². The van der Waals surface area contributed by atoms with E-state index in [0.29, 0.717) is 12.1 Å². The Kier molecular flexibility index (Phi) is 5.92. The van der Waals surface area contributed by atoms with Gasteiger partial charge in [-0.15, -0.1) is 0 Å². The second-order valence-electron chi connectivity index (χ2n) is 5.59. The van der Waals surface area contributed by atoms with Crippen LogP contribution in [0.25, 0.3) is 0 Å². The van der Waals surface area contributed by atoms with Crippen LogP contribution in [-0.4, -0.2) is 46.7 Å². The van der Waals surface area contributed by atoms with E-state index in [2.05, 4.69) is 5.16 Å². The lowest BCUT2D eigenvalue weighted by molar-refractivity contribution is -0.180. The minimum Gasteiger partial charge on any atom is -0.481 e. The highest BCUT2D eigenvalue weighted by Crippen LogP contribution is 2.36. The van der Waals surface area contributed by atoms with Crippen molar-refractivity contribution in [3.05, 3.63) is 35.9 Å². The van der Waals surface area contributed by atoms with E-state index in [4.69, 9.17) is 14.7 Å². The summed E-state index contributed by atoms with van der Waals surface area (Å²) >= 11 is 0. The average molecular weight is 335 g/mol. The number of aliphatic hydroxyl groups is 1. The van der Waals surface area contributed by atoms with Crippen LogP contribution in [0, 0.1) is 5.92 Å². The van der Waals surface area contributed by atoms with Crippen molar-refractivity contribution in [1.29, 1.82) is 0 Å². The predicted molar refractivity (Wildman–Crippen MR) is 85.5 cm³/mol. The topological polar surface area (TPSA) is 105 Å². The fourth-order valence-electron chi connectivity index (χ4n) is 2.80. The number of carbonyl (C=O) groups is 2. The van der Waals surface area contributed by atoms with Gasteiger partial charge in [0.2, 0.25) is 0 Å². The first-order valence-electron chi connectivity index (χ1n) is 7.82. The number of rotatable bonds is 8. The molecule has 0 saturated carbocycles. The largest absolute Gasteiger partial charge is 0.481 e. The maximum absolute atomic E-state index is 12.3. The summed E-state index contributed by atoms with van der Waals surface area (Å²) in [7, 11) is 0. The first-order chi connectivity index (χ1) is 11.5. The number of ether oxygens (including phenoxy) is 1. The average Bonchev–Trinajstić information content (AvgIpc) is 2.92. The molecule has 1 heterocycles. The Bertz CT molecular complexity index is 615. The Hall–Kier alpha value is -2.41. The summed E-state index contributed by atoms with van der Waals surface area (Å²) < 4.78 is 5.01. The second-order valence-corrected chi connectivity index (χ2v) is 5.59. The van der Waals surface area contributed by atoms with E-state index in [-0.39, 0.29) is 19.4 Å². The fraction of sp³-hybridized carbons (Fsp3) is 0.471. The van der Waals surface area contributed by atoms with E-state index >= 15 is 0 Å². The lowest BCUT2D eigenvalue weighted by Crippen LogP contribution is -2.51. The van der Waals surface area contributed by atoms with Gasteiger partial charge in [0, 0.05) is 12.8 Å². The molecule has 7 heteroatoms. The lowest BCUT2D eigenvalue weighted by atomic mass is 9.79. The molecule has 0 aliphatic carbocycles. The van der Waals surface area contributed by atoms with Crippen LogP contribution in [0.5, 0.6) is 0 Å². The number of oxime groups is 1. The summed E-state index contributed by atoms with van der Waals surface area (Å²) in [5, 5.41) is 22.7. The molecule has 1 aromatic rings. The molecule has 0 aromatic heterocycles. The van der Waals surface area contributed by atoms with Crippen molar-refractivity contribution < 1.29 is 29.4 Å². The van der Waals surface area contributed by atoms with Gasteiger partial charge in [-0.05, 0) is 18.9 Å². The van der Waals surface area contributed by atoms with Crippen molar-refractivity contribution in [3.63, 3.8) is 0 Å². The Labute approximate surface area is 139 Å². The van der Waals surface area contributed by atoms with Crippen LogP contribution >= 0.6 is 0 Å². The highest BCUT2D eigenvalue weighted by molar-refractivity contribution is 5.97. The maximum atomic E-state index is 12.3. The van der Waals surface area contributed by atoms with Crippen LogP contribution in [-0.2, 0) is 25.6 Å². The van der Waals surface area contributed by atoms with Crippen LogP contribution in [0.1, 0.15) is 25.3 Å². The molecule has 24 heavy (non-hydrogen) atoms. The maximum Gasteiger partial charge on any atom is 0.356 e. The van der Waals surface area contributed by atoms with E-state index in [0.717, 1.165) is 5.56 Å². The lowest BCUT2D eigenvalue weighted by Gasteiger charge is -2.28. The molecule has 0 saturated heterocycles. The monoisotopic (exact) mass is 335 g/mol. The van der Waals surface area contributed by atoms with Gasteiger partial charge in [-0.2, -0.15) is 0 Å². The van der Waals surface area contributed by atoms with Crippen molar-refractivity contribution in [2.45, 2.75) is 31.8 Å². The Morgan fingerprint density at radius 1 is 1.33 bits per heavy atom. The number of hydrogen-bond acceptors (Lipinski definition) is 6. The molecular formula is C17H21NO6. The number of esters is 1. The van der Waals surface area contributed by atoms with Gasteiger partial charge in [0.1, 0.15) is 0 Å². The molecule has 2 unspecified atom stereocenters. The number of carbonyl (C=O) groups excluding carboxylic acids is 1. The van der Waals surface area contributed by atoms with Gasteiger partial charge in [-0.25, -0.2) is 4.79 Å². The van der Waals surface area contributed by atoms with Crippen molar-refractivity contribution in [2.24, 2.45) is 11.1 Å². The van der Waals surface area contributed by atoms with Gasteiger partial charge in [0.25, 0.3) is 5.60 Å². The molecule has 1 aliphatic heterocycles. The van der Waals surface area contributed by atoms with Gasteiger partial charge in [-0.3, -0.25) is 4.79 Å². The number of nitrogens with zero attached hydrogens (tertiary/aromatic N) is 1.